The van der Waals surface area contributed by atoms with E-state index in [0.717, 1.165) is 0 Å². The van der Waals surface area contributed by atoms with Crippen LogP contribution in [0.2, 0.25) is 0 Å². The second kappa shape index (κ2) is 95.8. The van der Waals surface area contributed by atoms with Gasteiger partial charge in [-0.25, -0.2) is 19.6 Å². The van der Waals surface area contributed by atoms with E-state index in [2.05, 4.69) is 45.2 Å². The maximum absolute atomic E-state index is 4.26. The Morgan fingerprint density at radius 3 is 1.57 bits per heavy atom. The standard InChI is InChI=1S/C3H5.C2H5.ClH.Ni/c1-3-2;1-2;;/h3H,1-2H2;1H2,2H3;1H;/q2*-1;;+1/p-1. The maximum atomic E-state index is 4.26. The van der Waals surface area contributed by atoms with Gasteiger partial charge in [-0.3, -0.25) is 0 Å². The molecule has 49 valence electrons. The Bertz CT molecular complexity index is 15.6. The summed E-state index contributed by atoms with van der Waals surface area (Å²) in [5.41, 5.74) is 0. The van der Waals surface area contributed by atoms with Crippen molar-refractivity contribution in [2.75, 3.05) is 0 Å². The third-order valence-corrected chi connectivity index (χ3v) is 0. The van der Waals surface area contributed by atoms with Crippen LogP contribution < -0.4 is 0 Å². The fourth-order valence-electron chi connectivity index (χ4n) is 0. The fraction of sp³-hybridized carbons (Fsp3) is 0.200. The van der Waals surface area contributed by atoms with Gasteiger partial charge in [-0.2, -0.15) is 6.92 Å². The van der Waals surface area contributed by atoms with E-state index in [0.29, 0.717) is 0 Å². The van der Waals surface area contributed by atoms with Crippen molar-refractivity contribution in [3.63, 3.8) is 0 Å². The van der Waals surface area contributed by atoms with Gasteiger partial charge in [0.1, 0.15) is 0 Å². The summed E-state index contributed by atoms with van der Waals surface area (Å²) < 4.78 is 0. The molecule has 2 heteroatoms. The normalized spacial score (nSPS) is 3.57. The predicted octanol–water partition coefficient (Wildman–Crippen LogP) is 2.53. The van der Waals surface area contributed by atoms with Gasteiger partial charge in [0, 0.05) is 0 Å². The molecule has 7 heavy (non-hydrogen) atoms. The summed E-state index contributed by atoms with van der Waals surface area (Å²) in [4.78, 5) is 0. The molecule has 0 radical (unpaired) electrons. The van der Waals surface area contributed by atoms with Crippen LogP contribution in [0, 0.1) is 13.8 Å². The first-order chi connectivity index (χ1) is 3.41. The van der Waals surface area contributed by atoms with Crippen LogP contribution in [0.25, 0.3) is 0 Å². The fourth-order valence-corrected chi connectivity index (χ4v) is 0. The average molecular weight is 164 g/mol. The molecule has 0 spiro atoms. The number of hydrogen-bond acceptors (Lipinski definition) is 0. The summed E-state index contributed by atoms with van der Waals surface area (Å²) in [7, 11) is 4.26. The van der Waals surface area contributed by atoms with Crippen LogP contribution in [0.15, 0.2) is 12.7 Å². The van der Waals surface area contributed by atoms with Gasteiger partial charge in [-0.15, -0.1) is 0 Å². The predicted molar refractivity (Wildman–Crippen MR) is 32.4 cm³/mol. The molecule has 0 atom stereocenters. The molecular formula is C5H10ClNi-2. The summed E-state index contributed by atoms with van der Waals surface area (Å²) in [6.45, 7) is 11.5. The second-order valence-electron chi connectivity index (χ2n) is 0.289. The Morgan fingerprint density at radius 1 is 1.57 bits per heavy atom. The molecule has 0 fully saturated rings. The molecule has 0 heterocycles. The van der Waals surface area contributed by atoms with Gasteiger partial charge in [0.05, 0.1) is 0 Å². The molecule has 0 aliphatic heterocycles. The number of allylic oxidation sites excluding steroid dienone is 1. The third-order valence-electron chi connectivity index (χ3n) is 0. The topological polar surface area (TPSA) is 0 Å². The van der Waals surface area contributed by atoms with E-state index in [1.165, 1.54) is 6.08 Å². The van der Waals surface area contributed by atoms with Gasteiger partial charge < -0.3 is 6.92 Å². The van der Waals surface area contributed by atoms with Crippen molar-refractivity contribution in [1.29, 1.82) is 0 Å². The molecular weight excluding hydrogens is 154 g/mol. The molecule has 0 aromatic rings. The molecule has 0 rings (SSSR count). The molecule has 0 aliphatic carbocycles. The zero-order valence-corrected chi connectivity index (χ0v) is 6.14. The summed E-state index contributed by atoms with van der Waals surface area (Å²) >= 11 is 3.35. The molecule has 0 unspecified atom stereocenters. The second-order valence-corrected chi connectivity index (χ2v) is 0.289. The van der Waals surface area contributed by atoms with Crippen LogP contribution in [-0.4, -0.2) is 0 Å². The van der Waals surface area contributed by atoms with Crippen LogP contribution >= 0.6 is 10.2 Å². The monoisotopic (exact) mass is 163 g/mol. The molecule has 0 N–H and O–H groups in total. The van der Waals surface area contributed by atoms with Crippen molar-refractivity contribution >= 4 is 10.2 Å². The SMILES string of the molecule is C=C[CH2-].[CH2-]C.[Cl][Ni]. The van der Waals surface area contributed by atoms with Crippen molar-refractivity contribution in [1.82, 2.24) is 0 Å². The molecule has 0 aromatic heterocycles. The zero-order valence-electron chi connectivity index (χ0n) is 4.39. The van der Waals surface area contributed by atoms with Gasteiger partial charge in [0.2, 0.25) is 0 Å². The Kier molecular flexibility index (Phi) is 214. The Hall–Kier alpha value is 0.394. The first-order valence-electron chi connectivity index (χ1n) is 1.64. The quantitative estimate of drug-likeness (QED) is 0.381. The summed E-state index contributed by atoms with van der Waals surface area (Å²) in [6, 6.07) is 0. The first kappa shape index (κ1) is 15.7. The van der Waals surface area contributed by atoms with Gasteiger partial charge in [0.15, 0.2) is 0 Å². The van der Waals surface area contributed by atoms with Crippen molar-refractivity contribution in [2.45, 2.75) is 6.92 Å². The molecule has 0 saturated heterocycles. The van der Waals surface area contributed by atoms with E-state index >= 15 is 0 Å². The Balaban J connectivity index is -0.0000000360. The van der Waals surface area contributed by atoms with E-state index in [1.54, 1.807) is 6.92 Å². The first-order valence-corrected chi connectivity index (χ1v) is 3.00. The van der Waals surface area contributed by atoms with Crippen LogP contribution in [0.5, 0.6) is 0 Å². The number of rotatable bonds is 0. The van der Waals surface area contributed by atoms with Gasteiger partial charge in [0.25, 0.3) is 0 Å². The van der Waals surface area contributed by atoms with E-state index in [4.69, 9.17) is 0 Å². The number of halogens is 1. The van der Waals surface area contributed by atoms with Crippen molar-refractivity contribution in [3.8, 4) is 0 Å². The summed E-state index contributed by atoms with van der Waals surface area (Å²) in [5, 5.41) is 0. The molecule has 0 aromatic carbocycles. The Morgan fingerprint density at radius 2 is 1.57 bits per heavy atom. The average Bonchev–Trinajstić information content (AvgIpc) is 1.78. The third kappa shape index (κ3) is 797. The molecule has 0 nitrogen and oxygen atoms in total. The van der Waals surface area contributed by atoms with Crippen LogP contribution in [0.3, 0.4) is 0 Å². The van der Waals surface area contributed by atoms with Gasteiger partial charge >= 0.3 is 24.8 Å². The number of hydrogen-bond donors (Lipinski definition) is 0. The minimum atomic E-state index is 1.50. The molecule has 0 amide bonds. The minimum absolute atomic E-state index is 1.50. The van der Waals surface area contributed by atoms with E-state index < -0.39 is 0 Å². The Labute approximate surface area is 58.6 Å². The van der Waals surface area contributed by atoms with Crippen molar-refractivity contribution in [3.05, 3.63) is 26.5 Å². The van der Waals surface area contributed by atoms with Gasteiger partial charge in [-0.05, 0) is 0 Å². The molecule has 0 bridgehead atoms. The van der Waals surface area contributed by atoms with Crippen molar-refractivity contribution < 1.29 is 14.6 Å². The molecule has 0 saturated carbocycles. The van der Waals surface area contributed by atoms with E-state index in [9.17, 15) is 0 Å². The zero-order chi connectivity index (χ0) is 6.71. The van der Waals surface area contributed by atoms with Crippen LogP contribution in [0.1, 0.15) is 6.92 Å². The van der Waals surface area contributed by atoms with Gasteiger partial charge in [-0.1, -0.05) is 0 Å². The van der Waals surface area contributed by atoms with Crippen LogP contribution in [-0.2, 0) is 14.6 Å². The van der Waals surface area contributed by atoms with E-state index in [-0.39, 0.29) is 0 Å². The summed E-state index contributed by atoms with van der Waals surface area (Å²) in [6.07, 6.45) is 1.50. The molecule has 0 aliphatic rings. The van der Waals surface area contributed by atoms with Crippen LogP contribution in [0.4, 0.5) is 0 Å². The summed E-state index contributed by atoms with van der Waals surface area (Å²) in [5.74, 6) is 0. The van der Waals surface area contributed by atoms with Crippen molar-refractivity contribution in [2.24, 2.45) is 0 Å². The van der Waals surface area contributed by atoms with E-state index in [1.807, 2.05) is 0 Å².